The summed E-state index contributed by atoms with van der Waals surface area (Å²) in [5, 5.41) is 0. The van der Waals surface area contributed by atoms with E-state index in [1.807, 2.05) is 27.7 Å². The molecule has 134 valence electrons. The fraction of sp³-hybridized carbons (Fsp3) is 0.895. The van der Waals surface area contributed by atoms with Crippen LogP contribution in [0.15, 0.2) is 0 Å². The highest BCUT2D eigenvalue weighted by Gasteiger charge is 2.37. The number of hydrogen-bond acceptors (Lipinski definition) is 4. The van der Waals surface area contributed by atoms with Gasteiger partial charge in [-0.15, -0.1) is 0 Å². The summed E-state index contributed by atoms with van der Waals surface area (Å²) in [4.78, 5) is 24.4. The molecule has 1 saturated carbocycles. The van der Waals surface area contributed by atoms with Gasteiger partial charge in [-0.1, -0.05) is 41.5 Å². The molecule has 0 aromatic rings. The van der Waals surface area contributed by atoms with Crippen LogP contribution in [0.25, 0.3) is 0 Å². The van der Waals surface area contributed by atoms with Crippen molar-refractivity contribution in [1.29, 1.82) is 0 Å². The lowest BCUT2D eigenvalue weighted by atomic mass is 9.72. The zero-order chi connectivity index (χ0) is 17.9. The fourth-order valence-corrected chi connectivity index (χ4v) is 3.12. The highest BCUT2D eigenvalue weighted by atomic mass is 16.6. The van der Waals surface area contributed by atoms with Crippen molar-refractivity contribution in [3.8, 4) is 0 Å². The Morgan fingerprint density at radius 1 is 1.04 bits per heavy atom. The summed E-state index contributed by atoms with van der Waals surface area (Å²) in [6.07, 6.45) is 4.67. The Bertz CT molecular complexity index is 420. The van der Waals surface area contributed by atoms with Crippen molar-refractivity contribution in [1.82, 2.24) is 0 Å². The molecule has 4 heteroatoms. The second-order valence-electron chi connectivity index (χ2n) is 9.42. The molecular weight excluding hydrogens is 292 g/mol. The maximum absolute atomic E-state index is 12.5. The number of ether oxygens (including phenoxy) is 2. The van der Waals surface area contributed by atoms with E-state index in [0.717, 1.165) is 32.1 Å². The van der Waals surface area contributed by atoms with Crippen LogP contribution in [-0.2, 0) is 19.1 Å². The second kappa shape index (κ2) is 7.23. The Morgan fingerprint density at radius 2 is 1.57 bits per heavy atom. The molecule has 0 bridgehead atoms. The molecule has 0 aromatic carbocycles. The van der Waals surface area contributed by atoms with Gasteiger partial charge in [0.2, 0.25) is 0 Å². The van der Waals surface area contributed by atoms with Crippen molar-refractivity contribution in [2.24, 2.45) is 16.7 Å². The quantitative estimate of drug-likeness (QED) is 0.698. The molecule has 4 nitrogen and oxygen atoms in total. The minimum absolute atomic E-state index is 0.0226. The van der Waals surface area contributed by atoms with Crippen molar-refractivity contribution >= 4 is 11.9 Å². The van der Waals surface area contributed by atoms with Gasteiger partial charge in [-0.25, -0.2) is 4.79 Å². The molecule has 1 aliphatic rings. The molecule has 0 heterocycles. The van der Waals surface area contributed by atoms with Crippen LogP contribution in [0.3, 0.4) is 0 Å². The van der Waals surface area contributed by atoms with E-state index in [2.05, 4.69) is 20.8 Å². The molecule has 0 radical (unpaired) electrons. The van der Waals surface area contributed by atoms with Crippen LogP contribution in [0.5, 0.6) is 0 Å². The molecule has 23 heavy (non-hydrogen) atoms. The summed E-state index contributed by atoms with van der Waals surface area (Å²) in [7, 11) is 0. The van der Waals surface area contributed by atoms with Gasteiger partial charge in [0, 0.05) is 0 Å². The van der Waals surface area contributed by atoms with Gasteiger partial charge in [-0.3, -0.25) is 4.79 Å². The van der Waals surface area contributed by atoms with E-state index in [-0.39, 0.29) is 34.9 Å². The molecule has 1 unspecified atom stereocenters. The summed E-state index contributed by atoms with van der Waals surface area (Å²) < 4.78 is 10.8. The third kappa shape index (κ3) is 6.92. The average molecular weight is 326 g/mol. The van der Waals surface area contributed by atoms with Gasteiger partial charge in [-0.2, -0.15) is 0 Å². The SMILES string of the molecule is CC(C)(C)CC(C(=O)OCC(=O)OC1(C)CCCC1)C(C)(C)C. The predicted octanol–water partition coefficient (Wildman–Crippen LogP) is 4.50. The van der Waals surface area contributed by atoms with Crippen molar-refractivity contribution in [2.75, 3.05) is 6.61 Å². The molecule has 0 aliphatic heterocycles. The minimum atomic E-state index is -0.439. The average Bonchev–Trinajstić information content (AvgIpc) is 2.77. The maximum atomic E-state index is 12.5. The zero-order valence-corrected chi connectivity index (χ0v) is 16.0. The van der Waals surface area contributed by atoms with Gasteiger partial charge in [0.15, 0.2) is 6.61 Å². The Morgan fingerprint density at radius 3 is 2.00 bits per heavy atom. The smallest absolute Gasteiger partial charge is 0.344 e. The standard InChI is InChI=1S/C19H34O4/c1-17(2,3)12-14(18(4,5)6)16(21)22-13-15(20)23-19(7)10-8-9-11-19/h14H,8-13H2,1-7H3. The lowest BCUT2D eigenvalue weighted by Crippen LogP contribution is -2.36. The van der Waals surface area contributed by atoms with Gasteiger partial charge in [0.25, 0.3) is 0 Å². The molecular formula is C19H34O4. The van der Waals surface area contributed by atoms with E-state index >= 15 is 0 Å². The third-order valence-corrected chi connectivity index (χ3v) is 4.50. The number of carbonyl (C=O) groups is 2. The van der Waals surface area contributed by atoms with E-state index in [1.54, 1.807) is 0 Å². The third-order valence-electron chi connectivity index (χ3n) is 4.50. The Balaban J connectivity index is 2.56. The largest absolute Gasteiger partial charge is 0.457 e. The van der Waals surface area contributed by atoms with Crippen LogP contribution in [0, 0.1) is 16.7 Å². The van der Waals surface area contributed by atoms with Crippen molar-refractivity contribution in [3.63, 3.8) is 0 Å². The van der Waals surface area contributed by atoms with Crippen LogP contribution in [-0.4, -0.2) is 24.1 Å². The molecule has 1 rings (SSSR count). The van der Waals surface area contributed by atoms with Crippen LogP contribution >= 0.6 is 0 Å². The highest BCUT2D eigenvalue weighted by Crippen LogP contribution is 2.37. The van der Waals surface area contributed by atoms with Gasteiger partial charge >= 0.3 is 11.9 Å². The number of carbonyl (C=O) groups excluding carboxylic acids is 2. The van der Waals surface area contributed by atoms with Crippen molar-refractivity contribution in [3.05, 3.63) is 0 Å². The first-order valence-electron chi connectivity index (χ1n) is 8.71. The summed E-state index contributed by atoms with van der Waals surface area (Å²) in [5.41, 5.74) is -0.557. The second-order valence-corrected chi connectivity index (χ2v) is 9.42. The Hall–Kier alpha value is -1.06. The van der Waals surface area contributed by atoms with Gasteiger partial charge in [0.1, 0.15) is 5.60 Å². The normalized spacial score (nSPS) is 19.3. The van der Waals surface area contributed by atoms with Gasteiger partial charge in [0.05, 0.1) is 5.92 Å². The van der Waals surface area contributed by atoms with Crippen LogP contribution in [0.2, 0.25) is 0 Å². The van der Waals surface area contributed by atoms with E-state index in [9.17, 15) is 9.59 Å². The zero-order valence-electron chi connectivity index (χ0n) is 16.0. The summed E-state index contributed by atoms with van der Waals surface area (Å²) in [5.74, 6) is -0.982. The number of esters is 2. The monoisotopic (exact) mass is 326 g/mol. The van der Waals surface area contributed by atoms with Crippen LogP contribution in [0.4, 0.5) is 0 Å². The molecule has 0 N–H and O–H groups in total. The van der Waals surface area contributed by atoms with Crippen molar-refractivity contribution < 1.29 is 19.1 Å². The first kappa shape index (κ1) is 20.0. The Labute approximate surface area is 141 Å². The van der Waals surface area contributed by atoms with Gasteiger partial charge in [-0.05, 0) is 49.9 Å². The minimum Gasteiger partial charge on any atom is -0.457 e. The number of hydrogen-bond donors (Lipinski definition) is 0. The van der Waals surface area contributed by atoms with E-state index in [0.29, 0.717) is 0 Å². The van der Waals surface area contributed by atoms with E-state index in [1.165, 1.54) is 0 Å². The van der Waals surface area contributed by atoms with Gasteiger partial charge < -0.3 is 9.47 Å². The maximum Gasteiger partial charge on any atom is 0.344 e. The van der Waals surface area contributed by atoms with Crippen LogP contribution < -0.4 is 0 Å². The van der Waals surface area contributed by atoms with E-state index in [4.69, 9.17) is 9.47 Å². The molecule has 1 atom stereocenters. The first-order chi connectivity index (χ1) is 10.3. The summed E-state index contributed by atoms with van der Waals surface area (Å²) >= 11 is 0. The molecule has 0 aromatic heterocycles. The summed E-state index contributed by atoms with van der Waals surface area (Å²) in [6.45, 7) is 14.1. The topological polar surface area (TPSA) is 52.6 Å². The summed E-state index contributed by atoms with van der Waals surface area (Å²) in [6, 6.07) is 0. The first-order valence-corrected chi connectivity index (χ1v) is 8.71. The lowest BCUT2D eigenvalue weighted by molar-refractivity contribution is -0.172. The van der Waals surface area contributed by atoms with Crippen molar-refractivity contribution in [2.45, 2.75) is 86.2 Å². The fourth-order valence-electron chi connectivity index (χ4n) is 3.12. The highest BCUT2D eigenvalue weighted by molar-refractivity contribution is 5.78. The molecule has 1 aliphatic carbocycles. The van der Waals surface area contributed by atoms with E-state index < -0.39 is 5.97 Å². The number of rotatable bonds is 5. The molecule has 1 fully saturated rings. The lowest BCUT2D eigenvalue weighted by Gasteiger charge is -2.33. The molecule has 0 amide bonds. The molecule has 0 spiro atoms. The van der Waals surface area contributed by atoms with Crippen LogP contribution in [0.1, 0.15) is 80.6 Å². The molecule has 0 saturated heterocycles. The predicted molar refractivity (Wildman–Crippen MR) is 90.9 cm³/mol. The Kier molecular flexibility index (Phi) is 6.28.